The molecule has 2 aliphatic heterocycles. The van der Waals surface area contributed by atoms with E-state index in [2.05, 4.69) is 24.4 Å². The third kappa shape index (κ3) is 3.75. The van der Waals surface area contributed by atoms with Gasteiger partial charge in [-0.25, -0.2) is 23.4 Å². The largest absolute Gasteiger partial charge is 0.586 e. The molecule has 6 rings (SSSR count). The number of aromatic nitrogens is 4. The molecular weight excluding hydrogens is 499 g/mol. The number of hydrogen-bond acceptors (Lipinski definition) is 7. The molecule has 1 saturated heterocycles. The number of halogens is 3. The van der Waals surface area contributed by atoms with Crippen LogP contribution in [0.15, 0.2) is 59.8 Å². The summed E-state index contributed by atoms with van der Waals surface area (Å²) in [5, 5.41) is 0. The number of sulfonamides is 1. The number of benzene rings is 1. The van der Waals surface area contributed by atoms with Crippen LogP contribution in [0.4, 0.5) is 13.2 Å². The number of rotatable bonds is 4. The molecule has 0 bridgehead atoms. The van der Waals surface area contributed by atoms with Gasteiger partial charge in [0.15, 0.2) is 17.1 Å². The molecule has 36 heavy (non-hydrogen) atoms. The summed E-state index contributed by atoms with van der Waals surface area (Å²) in [4.78, 5) is 12.6. The number of hydrogen-bond donors (Lipinski definition) is 0. The minimum Gasteiger partial charge on any atom is -0.395 e. The summed E-state index contributed by atoms with van der Waals surface area (Å²) in [5.41, 5.74) is 1.37. The lowest BCUT2D eigenvalue weighted by molar-refractivity contribution is -0.286. The highest BCUT2D eigenvalue weighted by atomic mass is 32.2. The summed E-state index contributed by atoms with van der Waals surface area (Å²) >= 11 is 0. The van der Waals surface area contributed by atoms with Crippen LogP contribution in [0, 0.1) is 5.95 Å². The van der Waals surface area contributed by atoms with Crippen LogP contribution in [0.1, 0.15) is 18.9 Å². The van der Waals surface area contributed by atoms with Crippen LogP contribution in [-0.2, 0) is 10.0 Å². The lowest BCUT2D eigenvalue weighted by Crippen LogP contribution is -2.39. The average molecular weight is 517 g/mol. The predicted molar refractivity (Wildman–Crippen MR) is 120 cm³/mol. The Balaban J connectivity index is 1.29. The highest BCUT2D eigenvalue weighted by molar-refractivity contribution is 7.89. The first-order valence-electron chi connectivity index (χ1n) is 11.1. The first kappa shape index (κ1) is 22.7. The van der Waals surface area contributed by atoms with Crippen molar-refractivity contribution in [3.63, 3.8) is 0 Å². The van der Waals surface area contributed by atoms with Gasteiger partial charge in [-0.15, -0.1) is 8.78 Å². The molecule has 2 aliphatic rings. The van der Waals surface area contributed by atoms with Crippen molar-refractivity contribution < 1.29 is 31.1 Å². The van der Waals surface area contributed by atoms with Gasteiger partial charge in [0.25, 0.3) is 0 Å². The molecule has 0 unspecified atom stereocenters. The zero-order valence-electron chi connectivity index (χ0n) is 18.5. The number of ether oxygens (including phenoxy) is 2. The van der Waals surface area contributed by atoms with Crippen LogP contribution in [0.3, 0.4) is 0 Å². The molecular formula is C23H18F3N5O4S. The Kier molecular flexibility index (Phi) is 5.16. The van der Waals surface area contributed by atoms with Crippen LogP contribution in [0.5, 0.6) is 11.5 Å². The third-order valence-electron chi connectivity index (χ3n) is 6.25. The SMILES string of the molecule is O=S(=O)(c1ccc2c(c1)OC(F)(F)O2)N1CCC(n2c(-c3cccnc3F)nc3cccnc32)CC1. The normalized spacial score (nSPS) is 18.1. The van der Waals surface area contributed by atoms with E-state index in [9.17, 15) is 21.6 Å². The highest BCUT2D eigenvalue weighted by Crippen LogP contribution is 2.42. The topological polar surface area (TPSA) is 99.4 Å². The molecule has 0 atom stereocenters. The van der Waals surface area contributed by atoms with E-state index in [4.69, 9.17) is 0 Å². The van der Waals surface area contributed by atoms with E-state index in [1.165, 1.54) is 16.6 Å². The molecule has 3 aromatic heterocycles. The Hall–Kier alpha value is -3.71. The molecule has 13 heteroatoms. The maximum absolute atomic E-state index is 14.6. The summed E-state index contributed by atoms with van der Waals surface area (Å²) in [6, 6.07) is 9.90. The number of imidazole rings is 1. The number of alkyl halides is 2. The first-order valence-corrected chi connectivity index (χ1v) is 12.5. The van der Waals surface area contributed by atoms with Crippen LogP contribution < -0.4 is 9.47 Å². The van der Waals surface area contributed by atoms with Crippen LogP contribution in [0.25, 0.3) is 22.6 Å². The molecule has 186 valence electrons. The number of piperidine rings is 1. The molecule has 0 N–H and O–H groups in total. The maximum Gasteiger partial charge on any atom is 0.586 e. The smallest absolute Gasteiger partial charge is 0.395 e. The maximum atomic E-state index is 14.6. The standard InChI is InChI=1S/C23H18F3N5O4S/c24-20-16(3-1-9-27-20)21-29-17-4-2-10-28-22(17)31(21)14-7-11-30(12-8-14)36(32,33)15-5-6-18-19(13-15)35-23(25,26)34-18/h1-6,9-10,13-14H,7-8,11-12H2. The molecule has 0 amide bonds. The Labute approximate surface area is 203 Å². The molecule has 5 heterocycles. The van der Waals surface area contributed by atoms with E-state index in [0.29, 0.717) is 29.8 Å². The van der Waals surface area contributed by atoms with Crippen LogP contribution in [0.2, 0.25) is 0 Å². The van der Waals surface area contributed by atoms with Gasteiger partial charge in [0, 0.05) is 37.6 Å². The van der Waals surface area contributed by atoms with Crippen molar-refractivity contribution >= 4 is 21.2 Å². The Bertz CT molecular complexity index is 1590. The van der Waals surface area contributed by atoms with Crippen molar-refractivity contribution in [1.29, 1.82) is 0 Å². The summed E-state index contributed by atoms with van der Waals surface area (Å²) in [6.45, 7) is 0.304. The number of fused-ring (bicyclic) bond motifs is 2. The predicted octanol–water partition coefficient (Wildman–Crippen LogP) is 3.98. The minimum absolute atomic E-state index is 0.152. The highest BCUT2D eigenvalue weighted by Gasteiger charge is 2.44. The van der Waals surface area contributed by atoms with Crippen LogP contribution in [-0.4, -0.2) is 51.6 Å². The second-order valence-electron chi connectivity index (χ2n) is 8.40. The molecule has 0 saturated carbocycles. The molecule has 0 radical (unpaired) electrons. The van der Waals surface area contributed by atoms with Gasteiger partial charge in [0.05, 0.1) is 10.5 Å². The van der Waals surface area contributed by atoms with E-state index < -0.39 is 22.3 Å². The lowest BCUT2D eigenvalue weighted by atomic mass is 10.1. The van der Waals surface area contributed by atoms with Crippen molar-refractivity contribution in [2.75, 3.05) is 13.1 Å². The first-order chi connectivity index (χ1) is 17.2. The summed E-state index contributed by atoms with van der Waals surface area (Å²) in [7, 11) is -3.98. The monoisotopic (exact) mass is 517 g/mol. The number of pyridine rings is 2. The Morgan fingerprint density at radius 3 is 2.47 bits per heavy atom. The van der Waals surface area contributed by atoms with E-state index in [0.717, 1.165) is 12.1 Å². The Morgan fingerprint density at radius 1 is 0.972 bits per heavy atom. The fraction of sp³-hybridized carbons (Fsp3) is 0.261. The van der Waals surface area contributed by atoms with Crippen molar-refractivity contribution in [1.82, 2.24) is 23.8 Å². The average Bonchev–Trinajstić information content (AvgIpc) is 3.39. The van der Waals surface area contributed by atoms with Gasteiger partial charge < -0.3 is 14.0 Å². The van der Waals surface area contributed by atoms with E-state index >= 15 is 0 Å². The van der Waals surface area contributed by atoms with Gasteiger partial charge in [-0.1, -0.05) is 0 Å². The Morgan fingerprint density at radius 2 is 1.69 bits per heavy atom. The van der Waals surface area contributed by atoms with Gasteiger partial charge in [0.2, 0.25) is 16.0 Å². The van der Waals surface area contributed by atoms with E-state index in [1.807, 2.05) is 4.57 Å². The van der Waals surface area contributed by atoms with E-state index in [-0.39, 0.29) is 41.1 Å². The molecule has 9 nitrogen and oxygen atoms in total. The molecule has 4 aromatic rings. The fourth-order valence-electron chi connectivity index (χ4n) is 4.60. The molecule has 0 aliphatic carbocycles. The third-order valence-corrected chi connectivity index (χ3v) is 8.14. The second kappa shape index (κ2) is 8.17. The second-order valence-corrected chi connectivity index (χ2v) is 10.3. The zero-order chi connectivity index (χ0) is 25.1. The lowest BCUT2D eigenvalue weighted by Gasteiger charge is -2.32. The van der Waals surface area contributed by atoms with Gasteiger partial charge in [0.1, 0.15) is 11.3 Å². The number of nitrogens with zero attached hydrogens (tertiary/aromatic N) is 5. The van der Waals surface area contributed by atoms with E-state index in [1.54, 1.807) is 30.5 Å². The molecule has 1 aromatic carbocycles. The van der Waals surface area contributed by atoms with Crippen molar-refractivity contribution in [3.05, 3.63) is 60.8 Å². The quantitative estimate of drug-likeness (QED) is 0.378. The zero-order valence-corrected chi connectivity index (χ0v) is 19.3. The summed E-state index contributed by atoms with van der Waals surface area (Å²) < 4.78 is 79.6. The van der Waals surface area contributed by atoms with Gasteiger partial charge in [-0.2, -0.15) is 8.70 Å². The van der Waals surface area contributed by atoms with Crippen molar-refractivity contribution in [2.24, 2.45) is 0 Å². The molecule has 1 fully saturated rings. The molecule has 0 spiro atoms. The van der Waals surface area contributed by atoms with Gasteiger partial charge in [-0.05, 0) is 49.2 Å². The van der Waals surface area contributed by atoms with Crippen molar-refractivity contribution in [3.8, 4) is 22.9 Å². The summed E-state index contributed by atoms with van der Waals surface area (Å²) in [5.74, 6) is -0.864. The summed E-state index contributed by atoms with van der Waals surface area (Å²) in [6.07, 6.45) is -0.0645. The van der Waals surface area contributed by atoms with Gasteiger partial charge >= 0.3 is 6.29 Å². The van der Waals surface area contributed by atoms with Crippen molar-refractivity contribution in [2.45, 2.75) is 30.1 Å². The minimum atomic E-state index is -3.98. The fourth-order valence-corrected chi connectivity index (χ4v) is 6.08. The van der Waals surface area contributed by atoms with Gasteiger partial charge in [-0.3, -0.25) is 0 Å². The van der Waals surface area contributed by atoms with Crippen LogP contribution >= 0.6 is 0 Å².